The van der Waals surface area contributed by atoms with Gasteiger partial charge in [-0.1, -0.05) is 41.9 Å². The van der Waals surface area contributed by atoms with Crippen molar-refractivity contribution >= 4 is 28.8 Å². The molecule has 1 aliphatic heterocycles. The zero-order valence-electron chi connectivity index (χ0n) is 16.2. The molecule has 0 radical (unpaired) electrons. The molecule has 1 amide bonds. The number of carbonyl (C=O) groups excluding carboxylic acids is 1. The molecule has 0 bridgehead atoms. The van der Waals surface area contributed by atoms with Crippen LogP contribution in [-0.4, -0.2) is 31.0 Å². The van der Waals surface area contributed by atoms with Gasteiger partial charge in [-0.15, -0.1) is 11.3 Å². The molecule has 4 nitrogen and oxygen atoms in total. The summed E-state index contributed by atoms with van der Waals surface area (Å²) in [6, 6.07) is 18.0. The van der Waals surface area contributed by atoms with E-state index >= 15 is 0 Å². The van der Waals surface area contributed by atoms with Crippen LogP contribution in [0.25, 0.3) is 0 Å². The van der Waals surface area contributed by atoms with E-state index in [0.29, 0.717) is 22.9 Å². The Morgan fingerprint density at radius 3 is 2.79 bits per heavy atom. The number of nitrogens with zero attached hydrogens (tertiary/aromatic N) is 1. The van der Waals surface area contributed by atoms with E-state index < -0.39 is 0 Å². The molecule has 2 heterocycles. The molecule has 2 aromatic carbocycles. The summed E-state index contributed by atoms with van der Waals surface area (Å²) in [5, 5.41) is 5.70. The third-order valence-corrected chi connectivity index (χ3v) is 6.54. The summed E-state index contributed by atoms with van der Waals surface area (Å²) in [5.41, 5.74) is 3.23. The molecule has 0 fully saturated rings. The van der Waals surface area contributed by atoms with Crippen molar-refractivity contribution in [3.8, 4) is 5.75 Å². The molecule has 150 valence electrons. The SMILES string of the molecule is COc1ccc(Cl)cc1C(=O)NCC(c1cccs1)N1CCc2ccccc2C1. The zero-order valence-corrected chi connectivity index (χ0v) is 17.8. The van der Waals surface area contributed by atoms with Crippen LogP contribution in [0.1, 0.15) is 32.4 Å². The quantitative estimate of drug-likeness (QED) is 0.607. The van der Waals surface area contributed by atoms with Crippen molar-refractivity contribution in [2.45, 2.75) is 19.0 Å². The van der Waals surface area contributed by atoms with Crippen LogP contribution >= 0.6 is 22.9 Å². The highest BCUT2D eigenvalue weighted by molar-refractivity contribution is 7.10. The van der Waals surface area contributed by atoms with E-state index in [4.69, 9.17) is 16.3 Å². The zero-order chi connectivity index (χ0) is 20.2. The Morgan fingerprint density at radius 1 is 1.21 bits per heavy atom. The number of halogens is 1. The number of fused-ring (bicyclic) bond motifs is 1. The Kier molecular flexibility index (Phi) is 6.19. The molecule has 1 aliphatic rings. The third-order valence-electron chi connectivity index (χ3n) is 5.33. The molecule has 0 spiro atoms. The maximum atomic E-state index is 12.9. The first-order valence-electron chi connectivity index (χ1n) is 9.61. The van der Waals surface area contributed by atoms with E-state index in [1.54, 1.807) is 36.6 Å². The number of thiophene rings is 1. The number of carbonyl (C=O) groups is 1. The lowest BCUT2D eigenvalue weighted by atomic mass is 9.98. The van der Waals surface area contributed by atoms with Crippen molar-refractivity contribution in [3.05, 3.63) is 86.6 Å². The monoisotopic (exact) mass is 426 g/mol. The number of methoxy groups -OCH3 is 1. The number of benzene rings is 2. The van der Waals surface area contributed by atoms with Crippen LogP contribution in [0.2, 0.25) is 5.02 Å². The smallest absolute Gasteiger partial charge is 0.255 e. The van der Waals surface area contributed by atoms with Crippen molar-refractivity contribution < 1.29 is 9.53 Å². The summed E-state index contributed by atoms with van der Waals surface area (Å²) in [7, 11) is 1.56. The summed E-state index contributed by atoms with van der Waals surface area (Å²) in [6.45, 7) is 2.38. The lowest BCUT2D eigenvalue weighted by Crippen LogP contribution is -2.40. The summed E-state index contributed by atoms with van der Waals surface area (Å²) < 4.78 is 5.33. The maximum absolute atomic E-state index is 12.9. The molecule has 29 heavy (non-hydrogen) atoms. The van der Waals surface area contributed by atoms with Gasteiger partial charge >= 0.3 is 0 Å². The fourth-order valence-electron chi connectivity index (χ4n) is 3.82. The van der Waals surface area contributed by atoms with Gasteiger partial charge in [-0.25, -0.2) is 0 Å². The number of rotatable bonds is 6. The molecule has 0 saturated carbocycles. The normalized spacial score (nSPS) is 14.8. The first-order valence-corrected chi connectivity index (χ1v) is 10.9. The molecule has 0 aliphatic carbocycles. The standard InChI is InChI=1S/C23H23ClN2O2S/c1-28-21-9-8-18(24)13-19(21)23(27)25-14-20(22-7-4-12-29-22)26-11-10-16-5-2-3-6-17(16)15-26/h2-9,12-13,20H,10-11,14-15H2,1H3,(H,25,27). The molecule has 1 atom stereocenters. The second-order valence-corrected chi connectivity index (χ2v) is 8.49. The van der Waals surface area contributed by atoms with Crippen LogP contribution in [0.15, 0.2) is 60.0 Å². The van der Waals surface area contributed by atoms with Gasteiger partial charge in [0.25, 0.3) is 5.91 Å². The largest absolute Gasteiger partial charge is 0.496 e. The Morgan fingerprint density at radius 2 is 2.03 bits per heavy atom. The van der Waals surface area contributed by atoms with E-state index in [0.717, 1.165) is 19.5 Å². The molecular weight excluding hydrogens is 404 g/mol. The van der Waals surface area contributed by atoms with Crippen molar-refractivity contribution in [1.29, 1.82) is 0 Å². The lowest BCUT2D eigenvalue weighted by Gasteiger charge is -2.35. The second kappa shape index (κ2) is 8.99. The van der Waals surface area contributed by atoms with Gasteiger partial charge in [-0.3, -0.25) is 9.69 Å². The molecule has 4 rings (SSSR count). The van der Waals surface area contributed by atoms with Crippen LogP contribution < -0.4 is 10.1 Å². The summed E-state index contributed by atoms with van der Waals surface area (Å²) in [6.07, 6.45) is 1.02. The highest BCUT2D eigenvalue weighted by atomic mass is 35.5. The Hall–Kier alpha value is -2.34. The molecule has 1 unspecified atom stereocenters. The van der Waals surface area contributed by atoms with Crippen molar-refractivity contribution in [2.24, 2.45) is 0 Å². The average molecular weight is 427 g/mol. The molecule has 0 saturated heterocycles. The van der Waals surface area contributed by atoms with Gasteiger partial charge in [0.05, 0.1) is 18.7 Å². The molecule has 1 N–H and O–H groups in total. The first-order chi connectivity index (χ1) is 14.2. The topological polar surface area (TPSA) is 41.6 Å². The predicted octanol–water partition coefficient (Wildman–Crippen LogP) is 4.94. The summed E-state index contributed by atoms with van der Waals surface area (Å²) in [4.78, 5) is 16.6. The highest BCUT2D eigenvalue weighted by Gasteiger charge is 2.26. The predicted molar refractivity (Wildman–Crippen MR) is 118 cm³/mol. The molecule has 1 aromatic heterocycles. The minimum Gasteiger partial charge on any atom is -0.496 e. The van der Waals surface area contributed by atoms with E-state index in [-0.39, 0.29) is 11.9 Å². The Labute approximate surface area is 180 Å². The van der Waals surface area contributed by atoms with Gasteiger partial charge in [0, 0.05) is 29.5 Å². The lowest BCUT2D eigenvalue weighted by molar-refractivity contribution is 0.0926. The van der Waals surface area contributed by atoms with Gasteiger partial charge in [0.2, 0.25) is 0 Å². The van der Waals surface area contributed by atoms with Gasteiger partial charge in [-0.2, -0.15) is 0 Å². The number of hydrogen-bond donors (Lipinski definition) is 1. The van der Waals surface area contributed by atoms with Gasteiger partial charge in [0.15, 0.2) is 0 Å². The number of nitrogens with one attached hydrogen (secondary N) is 1. The minimum atomic E-state index is -0.177. The number of ether oxygens (including phenoxy) is 1. The van der Waals surface area contributed by atoms with E-state index in [9.17, 15) is 4.79 Å². The van der Waals surface area contributed by atoms with Crippen LogP contribution in [0.5, 0.6) is 5.75 Å². The molecule has 6 heteroatoms. The fourth-order valence-corrected chi connectivity index (χ4v) is 4.85. The van der Waals surface area contributed by atoms with Crippen LogP contribution in [0.4, 0.5) is 0 Å². The average Bonchev–Trinajstić information content (AvgIpc) is 3.28. The second-order valence-electron chi connectivity index (χ2n) is 7.08. The van der Waals surface area contributed by atoms with Crippen LogP contribution in [-0.2, 0) is 13.0 Å². The van der Waals surface area contributed by atoms with Gasteiger partial charge in [-0.05, 0) is 47.2 Å². The maximum Gasteiger partial charge on any atom is 0.255 e. The van der Waals surface area contributed by atoms with Crippen LogP contribution in [0.3, 0.4) is 0 Å². The van der Waals surface area contributed by atoms with Crippen molar-refractivity contribution in [3.63, 3.8) is 0 Å². The third kappa shape index (κ3) is 4.47. The van der Waals surface area contributed by atoms with E-state index in [1.165, 1.54) is 16.0 Å². The number of hydrogen-bond acceptors (Lipinski definition) is 4. The minimum absolute atomic E-state index is 0.123. The number of amides is 1. The summed E-state index contributed by atoms with van der Waals surface area (Å²) >= 11 is 7.81. The van der Waals surface area contributed by atoms with Crippen molar-refractivity contribution in [1.82, 2.24) is 10.2 Å². The first kappa shape index (κ1) is 20.0. The molecular formula is C23H23ClN2O2S. The molecule has 3 aromatic rings. The van der Waals surface area contributed by atoms with Gasteiger partial charge in [0.1, 0.15) is 5.75 Å². The fraction of sp³-hybridized carbons (Fsp3) is 0.261. The Balaban J connectivity index is 1.52. The van der Waals surface area contributed by atoms with Gasteiger partial charge < -0.3 is 10.1 Å². The van der Waals surface area contributed by atoms with E-state index in [2.05, 4.69) is 52.0 Å². The van der Waals surface area contributed by atoms with E-state index in [1.807, 2.05) is 0 Å². The summed E-state index contributed by atoms with van der Waals surface area (Å²) in [5.74, 6) is 0.342. The highest BCUT2D eigenvalue weighted by Crippen LogP contribution is 2.30. The Bertz CT molecular complexity index is 990. The van der Waals surface area contributed by atoms with Crippen LogP contribution in [0, 0.1) is 0 Å². The van der Waals surface area contributed by atoms with Crippen molar-refractivity contribution in [2.75, 3.05) is 20.2 Å².